The maximum atomic E-state index is 2.64. The maximum absolute atomic E-state index is 2.64. The van der Waals surface area contributed by atoms with Gasteiger partial charge in [-0.3, -0.25) is 0 Å². The highest BCUT2D eigenvalue weighted by Gasteiger charge is 2.45. The van der Waals surface area contributed by atoms with Crippen molar-refractivity contribution in [2.24, 2.45) is 0 Å². The average Bonchev–Trinajstić information content (AvgIpc) is 3.84. The number of rotatable bonds is 6. The largest absolute Gasteiger partial charge is 0.309 e. The molecule has 8 aromatic carbocycles. The van der Waals surface area contributed by atoms with E-state index in [4.69, 9.17) is 0 Å². The van der Waals surface area contributed by atoms with Crippen LogP contribution in [0.25, 0.3) is 42.4 Å². The van der Waals surface area contributed by atoms with Crippen LogP contribution in [0.15, 0.2) is 200 Å². The number of nitrogens with zero attached hydrogens (tertiary/aromatic N) is 1. The number of hydrogen-bond donors (Lipinski definition) is 0. The molecule has 1 aliphatic carbocycles. The summed E-state index contributed by atoms with van der Waals surface area (Å²) in [6, 6.07) is 73.4. The highest BCUT2D eigenvalue weighted by molar-refractivity contribution is 7.26. The van der Waals surface area contributed by atoms with E-state index in [1.54, 1.807) is 13.8 Å². The van der Waals surface area contributed by atoms with Gasteiger partial charge in [0.2, 0.25) is 0 Å². The molecule has 0 atom stereocenters. The van der Waals surface area contributed by atoms with Crippen molar-refractivity contribution in [1.29, 1.82) is 0 Å². The summed E-state index contributed by atoms with van der Waals surface area (Å²) in [6.07, 6.45) is 0. The minimum absolute atomic E-state index is 0.430. The molecule has 0 spiro atoms. The van der Waals surface area contributed by atoms with E-state index >= 15 is 0 Å². The van der Waals surface area contributed by atoms with Gasteiger partial charge in [0.05, 0.1) is 15.8 Å². The summed E-state index contributed by atoms with van der Waals surface area (Å²) >= 11 is 1.87. The van der Waals surface area contributed by atoms with E-state index in [0.717, 1.165) is 11.4 Å². The monoisotopic (exact) mass is 769 g/mol. The predicted molar refractivity (Wildman–Crippen MR) is 251 cm³/mol. The number of fused-ring (bicyclic) bond motifs is 6. The van der Waals surface area contributed by atoms with Crippen LogP contribution in [0, 0.1) is 35.5 Å². The van der Waals surface area contributed by atoms with E-state index in [-0.39, 0.29) is 0 Å². The van der Waals surface area contributed by atoms with Crippen LogP contribution in [0.5, 0.6) is 0 Å². The van der Waals surface area contributed by atoms with Gasteiger partial charge in [0.25, 0.3) is 0 Å². The van der Waals surface area contributed by atoms with Crippen molar-refractivity contribution in [1.82, 2.24) is 0 Å². The van der Waals surface area contributed by atoms with E-state index < -0.39 is 5.41 Å². The van der Waals surface area contributed by atoms with Crippen molar-refractivity contribution in [3.63, 3.8) is 0 Å². The van der Waals surface area contributed by atoms with Crippen LogP contribution >= 0.6 is 11.3 Å². The van der Waals surface area contributed by atoms with Crippen LogP contribution in [-0.4, -0.2) is 0 Å². The zero-order valence-corrected chi connectivity index (χ0v) is 33.7. The summed E-state index contributed by atoms with van der Waals surface area (Å²) in [5, 5.41) is 2.59. The van der Waals surface area contributed by atoms with Gasteiger partial charge in [0.15, 0.2) is 0 Å². The van der Waals surface area contributed by atoms with Gasteiger partial charge >= 0.3 is 0 Å². The van der Waals surface area contributed by atoms with Gasteiger partial charge in [-0.15, -0.1) is 11.3 Å². The van der Waals surface area contributed by atoms with E-state index in [1.807, 2.05) is 11.3 Å². The van der Waals surface area contributed by atoms with Crippen molar-refractivity contribution in [3.05, 3.63) is 222 Å². The molecule has 2 heteroatoms. The molecule has 9 aromatic rings. The maximum Gasteiger partial charge on any atom is 0.0713 e. The minimum atomic E-state index is -0.430. The first kappa shape index (κ1) is 37.1. The molecule has 59 heavy (non-hydrogen) atoms. The van der Waals surface area contributed by atoms with E-state index in [2.05, 4.69) is 241 Å². The van der Waals surface area contributed by atoms with Gasteiger partial charge in [-0.25, -0.2) is 0 Å². The first-order valence-electron chi connectivity index (χ1n) is 19.8. The quantitative estimate of drug-likeness (QED) is 0.152. The Labute approximate surface area is 351 Å². The molecular formula is C57H39NS. The van der Waals surface area contributed by atoms with Gasteiger partial charge < -0.3 is 4.90 Å². The lowest BCUT2D eigenvalue weighted by atomic mass is 9.68. The van der Waals surface area contributed by atoms with Crippen molar-refractivity contribution in [2.45, 2.75) is 19.3 Å². The smallest absolute Gasteiger partial charge is 0.0713 e. The molecule has 1 aromatic heterocycles. The van der Waals surface area contributed by atoms with Crippen LogP contribution in [0.1, 0.15) is 36.1 Å². The summed E-state index contributed by atoms with van der Waals surface area (Å²) in [5.74, 6) is 15.5. The molecule has 1 nitrogen and oxygen atoms in total. The molecule has 0 unspecified atom stereocenters. The van der Waals surface area contributed by atoms with Crippen molar-refractivity contribution < 1.29 is 0 Å². The van der Waals surface area contributed by atoms with Gasteiger partial charge in [0.1, 0.15) is 0 Å². The summed E-state index contributed by atoms with van der Waals surface area (Å²) in [7, 11) is 0. The van der Waals surface area contributed by atoms with Crippen LogP contribution in [0.2, 0.25) is 0 Å². The normalized spacial score (nSPS) is 11.6. The first-order chi connectivity index (χ1) is 29.2. The van der Waals surface area contributed by atoms with E-state index in [9.17, 15) is 0 Å². The molecule has 0 amide bonds. The summed E-state index contributed by atoms with van der Waals surface area (Å²) in [6.45, 7) is 3.49. The van der Waals surface area contributed by atoms with Gasteiger partial charge in [-0.2, -0.15) is 0 Å². The molecule has 0 saturated carbocycles. The molecule has 10 rings (SSSR count). The summed E-state index contributed by atoms with van der Waals surface area (Å²) < 4.78 is 2.59. The van der Waals surface area contributed by atoms with E-state index in [0.29, 0.717) is 0 Å². The number of benzene rings is 8. The third-order valence-electron chi connectivity index (χ3n) is 11.0. The fourth-order valence-corrected chi connectivity index (χ4v) is 9.74. The van der Waals surface area contributed by atoms with E-state index in [1.165, 1.54) is 70.4 Å². The number of anilines is 3. The fraction of sp³-hybridized carbons (Fsp3) is 0.0526. The topological polar surface area (TPSA) is 3.24 Å². The average molecular weight is 770 g/mol. The van der Waals surface area contributed by atoms with Crippen molar-refractivity contribution in [2.75, 3.05) is 4.90 Å². The highest BCUT2D eigenvalue weighted by Crippen LogP contribution is 2.56. The molecule has 0 radical (unpaired) electrons. The Morgan fingerprint density at radius 3 is 1.53 bits per heavy atom. The Bertz CT molecular complexity index is 3050. The molecule has 278 valence electrons. The van der Waals surface area contributed by atoms with Crippen LogP contribution in [-0.2, 0) is 5.41 Å². The highest BCUT2D eigenvalue weighted by atomic mass is 32.1. The zero-order chi connectivity index (χ0) is 40.0. The third kappa shape index (κ3) is 6.75. The first-order valence-corrected chi connectivity index (χ1v) is 20.6. The lowest BCUT2D eigenvalue weighted by molar-refractivity contribution is 0.768. The lowest BCUT2D eigenvalue weighted by Crippen LogP contribution is -2.28. The standard InChI is InChI=1S/C49H33NS.C8H6/c1-3-14-34(15-4-1)35-26-30-38(31-27-35)50(46-24-13-21-43-42-20-9-12-25-47(42)51-48(43)46)39-32-28-37(29-33-39)49(36-16-5-2-6-17-36)44-22-10-7-18-40(44)41-19-8-11-23-45(41)49;1-3-5-7-8-6-4-2/h1-33H;1-2H3. The molecule has 1 heterocycles. The second kappa shape index (κ2) is 16.5. The summed E-state index contributed by atoms with van der Waals surface area (Å²) in [4.78, 5) is 2.43. The van der Waals surface area contributed by atoms with Gasteiger partial charge in [0, 0.05) is 26.8 Å². The Morgan fingerprint density at radius 1 is 0.407 bits per heavy atom. The van der Waals surface area contributed by atoms with Crippen molar-refractivity contribution in [3.8, 4) is 57.8 Å². The molecule has 0 fully saturated rings. The predicted octanol–water partition coefficient (Wildman–Crippen LogP) is 14.6. The fourth-order valence-electron chi connectivity index (χ4n) is 8.53. The number of thiophene rings is 1. The Kier molecular flexibility index (Phi) is 10.4. The van der Waals surface area contributed by atoms with Gasteiger partial charge in [-0.05, 0) is 118 Å². The molecular weight excluding hydrogens is 731 g/mol. The molecule has 0 bridgehead atoms. The molecule has 0 N–H and O–H groups in total. The molecule has 0 saturated heterocycles. The Balaban J connectivity index is 0.000000512. The summed E-state index contributed by atoms with van der Waals surface area (Å²) in [5.41, 5.74) is 13.2. The SMILES string of the molecule is CC#CC#CC#CC.c1ccc(-c2ccc(N(c3ccc(C4(c5ccccc5)c5ccccc5-c5ccccc54)cc3)c3cccc4c3sc3ccccc34)cc2)cc1. The minimum Gasteiger partial charge on any atom is -0.309 e. The lowest BCUT2D eigenvalue weighted by Gasteiger charge is -2.34. The second-order valence-electron chi connectivity index (χ2n) is 14.3. The van der Waals surface area contributed by atoms with Crippen LogP contribution < -0.4 is 4.90 Å². The van der Waals surface area contributed by atoms with Gasteiger partial charge in [-0.1, -0.05) is 176 Å². The molecule has 0 aliphatic heterocycles. The van der Waals surface area contributed by atoms with Crippen LogP contribution in [0.3, 0.4) is 0 Å². The Hall–Kier alpha value is -7.54. The zero-order valence-electron chi connectivity index (χ0n) is 32.9. The second-order valence-corrected chi connectivity index (χ2v) is 15.3. The van der Waals surface area contributed by atoms with Crippen LogP contribution in [0.4, 0.5) is 17.1 Å². The Morgan fingerprint density at radius 2 is 0.898 bits per heavy atom. The number of hydrogen-bond acceptors (Lipinski definition) is 2. The van der Waals surface area contributed by atoms with Crippen molar-refractivity contribution >= 4 is 48.6 Å². The third-order valence-corrected chi connectivity index (χ3v) is 12.2. The molecule has 1 aliphatic rings.